The lowest BCUT2D eigenvalue weighted by Gasteiger charge is -2.13. The van der Waals surface area contributed by atoms with Gasteiger partial charge in [-0.05, 0) is 22.8 Å². The van der Waals surface area contributed by atoms with Gasteiger partial charge in [0.05, 0.1) is 0 Å². The molecule has 0 amide bonds. The van der Waals surface area contributed by atoms with Crippen LogP contribution in [0, 0.1) is 0 Å². The second kappa shape index (κ2) is 4.45. The van der Waals surface area contributed by atoms with Crippen LogP contribution in [0.15, 0.2) is 42.5 Å². The summed E-state index contributed by atoms with van der Waals surface area (Å²) in [5.41, 5.74) is 7.44. The standard InChI is InChI=1S/C14H17N/c1-2-6-14(15)13-10-5-8-11-7-3-4-9-12(11)13/h3-5,7-10,14H,2,6,15H2,1H3. The largest absolute Gasteiger partial charge is 0.324 e. The van der Waals surface area contributed by atoms with E-state index in [1.54, 1.807) is 0 Å². The molecule has 0 aliphatic rings. The van der Waals surface area contributed by atoms with Crippen molar-refractivity contribution in [1.82, 2.24) is 0 Å². The van der Waals surface area contributed by atoms with Crippen LogP contribution in [0.1, 0.15) is 31.4 Å². The van der Waals surface area contributed by atoms with Gasteiger partial charge in [0.2, 0.25) is 0 Å². The number of hydrogen-bond donors (Lipinski definition) is 1. The molecule has 0 bridgehead atoms. The molecule has 1 unspecified atom stereocenters. The smallest absolute Gasteiger partial charge is 0.0300 e. The van der Waals surface area contributed by atoms with Crippen molar-refractivity contribution >= 4 is 10.8 Å². The van der Waals surface area contributed by atoms with Gasteiger partial charge in [0.1, 0.15) is 0 Å². The molecule has 0 aliphatic carbocycles. The summed E-state index contributed by atoms with van der Waals surface area (Å²) in [5, 5.41) is 2.57. The molecule has 2 aromatic carbocycles. The average Bonchev–Trinajstić information content (AvgIpc) is 2.28. The molecule has 1 heteroatoms. The van der Waals surface area contributed by atoms with E-state index in [2.05, 4.69) is 49.4 Å². The Balaban J connectivity index is 2.50. The summed E-state index contributed by atoms with van der Waals surface area (Å²) in [6, 6.07) is 15.0. The zero-order chi connectivity index (χ0) is 10.7. The van der Waals surface area contributed by atoms with Crippen molar-refractivity contribution in [3.63, 3.8) is 0 Å². The Labute approximate surface area is 90.9 Å². The third-order valence-corrected chi connectivity index (χ3v) is 2.82. The van der Waals surface area contributed by atoms with Crippen molar-refractivity contribution in [3.8, 4) is 0 Å². The molecule has 0 fully saturated rings. The van der Waals surface area contributed by atoms with E-state index in [1.165, 1.54) is 16.3 Å². The SMILES string of the molecule is CCCC(N)c1cccc2ccccc12. The van der Waals surface area contributed by atoms with E-state index in [9.17, 15) is 0 Å². The highest BCUT2D eigenvalue weighted by Gasteiger charge is 2.07. The topological polar surface area (TPSA) is 26.0 Å². The quantitative estimate of drug-likeness (QED) is 0.802. The highest BCUT2D eigenvalue weighted by Crippen LogP contribution is 2.25. The van der Waals surface area contributed by atoms with Crippen LogP contribution >= 0.6 is 0 Å². The summed E-state index contributed by atoms with van der Waals surface area (Å²) in [7, 11) is 0. The van der Waals surface area contributed by atoms with Gasteiger partial charge >= 0.3 is 0 Å². The van der Waals surface area contributed by atoms with E-state index in [-0.39, 0.29) is 6.04 Å². The maximum Gasteiger partial charge on any atom is 0.0300 e. The fourth-order valence-electron chi connectivity index (χ4n) is 2.04. The number of rotatable bonds is 3. The molecule has 2 N–H and O–H groups in total. The summed E-state index contributed by atoms with van der Waals surface area (Å²) in [5.74, 6) is 0. The Kier molecular flexibility index (Phi) is 3.02. The van der Waals surface area contributed by atoms with Crippen LogP contribution in [0.3, 0.4) is 0 Å². The third-order valence-electron chi connectivity index (χ3n) is 2.82. The second-order valence-corrected chi connectivity index (χ2v) is 3.96. The Hall–Kier alpha value is -1.34. The highest BCUT2D eigenvalue weighted by atomic mass is 14.6. The molecule has 0 heterocycles. The van der Waals surface area contributed by atoms with Crippen LogP contribution < -0.4 is 5.73 Å². The number of benzene rings is 2. The first-order valence-corrected chi connectivity index (χ1v) is 5.56. The van der Waals surface area contributed by atoms with Gasteiger partial charge in [0.15, 0.2) is 0 Å². The van der Waals surface area contributed by atoms with E-state index in [0.29, 0.717) is 0 Å². The first-order chi connectivity index (χ1) is 7.33. The van der Waals surface area contributed by atoms with E-state index in [0.717, 1.165) is 12.8 Å². The minimum Gasteiger partial charge on any atom is -0.324 e. The van der Waals surface area contributed by atoms with E-state index < -0.39 is 0 Å². The molecule has 1 nitrogen and oxygen atoms in total. The minimum atomic E-state index is 0.168. The van der Waals surface area contributed by atoms with Gasteiger partial charge in [0, 0.05) is 6.04 Å². The van der Waals surface area contributed by atoms with Gasteiger partial charge in [-0.15, -0.1) is 0 Å². The highest BCUT2D eigenvalue weighted by molar-refractivity contribution is 5.86. The molecule has 0 radical (unpaired) electrons. The van der Waals surface area contributed by atoms with Crippen LogP contribution in [0.5, 0.6) is 0 Å². The number of fused-ring (bicyclic) bond motifs is 1. The minimum absolute atomic E-state index is 0.168. The molecule has 0 saturated heterocycles. The molecule has 2 rings (SSSR count). The lowest BCUT2D eigenvalue weighted by atomic mass is 9.97. The Morgan fingerprint density at radius 3 is 2.60 bits per heavy atom. The normalized spacial score (nSPS) is 12.9. The van der Waals surface area contributed by atoms with Crippen molar-refractivity contribution in [1.29, 1.82) is 0 Å². The second-order valence-electron chi connectivity index (χ2n) is 3.96. The third kappa shape index (κ3) is 2.02. The van der Waals surface area contributed by atoms with Gasteiger partial charge < -0.3 is 5.73 Å². The Bertz CT molecular complexity index is 443. The molecular formula is C14H17N. The van der Waals surface area contributed by atoms with Crippen LogP contribution in [0.4, 0.5) is 0 Å². The van der Waals surface area contributed by atoms with Crippen LogP contribution in [-0.2, 0) is 0 Å². The Morgan fingerprint density at radius 2 is 1.80 bits per heavy atom. The van der Waals surface area contributed by atoms with Gasteiger partial charge in [-0.3, -0.25) is 0 Å². The van der Waals surface area contributed by atoms with Crippen molar-refractivity contribution < 1.29 is 0 Å². The zero-order valence-corrected chi connectivity index (χ0v) is 9.11. The number of nitrogens with two attached hydrogens (primary N) is 1. The van der Waals surface area contributed by atoms with E-state index >= 15 is 0 Å². The summed E-state index contributed by atoms with van der Waals surface area (Å²) in [6.07, 6.45) is 2.18. The summed E-state index contributed by atoms with van der Waals surface area (Å²) >= 11 is 0. The van der Waals surface area contributed by atoms with Gasteiger partial charge in [-0.1, -0.05) is 55.8 Å². The summed E-state index contributed by atoms with van der Waals surface area (Å²) in [4.78, 5) is 0. The average molecular weight is 199 g/mol. The lowest BCUT2D eigenvalue weighted by Crippen LogP contribution is -2.09. The van der Waals surface area contributed by atoms with Crippen molar-refractivity contribution in [2.45, 2.75) is 25.8 Å². The fourth-order valence-corrected chi connectivity index (χ4v) is 2.04. The van der Waals surface area contributed by atoms with E-state index in [1.807, 2.05) is 0 Å². The van der Waals surface area contributed by atoms with Gasteiger partial charge in [-0.2, -0.15) is 0 Å². The molecule has 0 aliphatic heterocycles. The predicted octanol–water partition coefficient (Wildman–Crippen LogP) is 3.64. The Morgan fingerprint density at radius 1 is 1.07 bits per heavy atom. The lowest BCUT2D eigenvalue weighted by molar-refractivity contribution is 0.642. The summed E-state index contributed by atoms with van der Waals surface area (Å²) < 4.78 is 0. The first-order valence-electron chi connectivity index (χ1n) is 5.56. The molecule has 0 saturated carbocycles. The zero-order valence-electron chi connectivity index (χ0n) is 9.11. The van der Waals surface area contributed by atoms with E-state index in [4.69, 9.17) is 5.73 Å². The fraction of sp³-hybridized carbons (Fsp3) is 0.286. The van der Waals surface area contributed by atoms with Gasteiger partial charge in [-0.25, -0.2) is 0 Å². The molecular weight excluding hydrogens is 182 g/mol. The van der Waals surface area contributed by atoms with Gasteiger partial charge in [0.25, 0.3) is 0 Å². The number of hydrogen-bond acceptors (Lipinski definition) is 1. The molecule has 1 atom stereocenters. The summed E-state index contributed by atoms with van der Waals surface area (Å²) in [6.45, 7) is 2.17. The molecule has 2 aromatic rings. The molecule has 15 heavy (non-hydrogen) atoms. The van der Waals surface area contributed by atoms with Crippen LogP contribution in [-0.4, -0.2) is 0 Å². The van der Waals surface area contributed by atoms with Crippen molar-refractivity contribution in [2.75, 3.05) is 0 Å². The van der Waals surface area contributed by atoms with Crippen LogP contribution in [0.25, 0.3) is 10.8 Å². The maximum absolute atomic E-state index is 6.17. The first kappa shape index (κ1) is 10.2. The molecule has 0 spiro atoms. The monoisotopic (exact) mass is 199 g/mol. The predicted molar refractivity (Wildman–Crippen MR) is 65.8 cm³/mol. The van der Waals surface area contributed by atoms with Crippen molar-refractivity contribution in [3.05, 3.63) is 48.0 Å². The molecule has 78 valence electrons. The maximum atomic E-state index is 6.17. The molecule has 0 aromatic heterocycles. The van der Waals surface area contributed by atoms with Crippen molar-refractivity contribution in [2.24, 2.45) is 5.73 Å². The van der Waals surface area contributed by atoms with Crippen LogP contribution in [0.2, 0.25) is 0 Å².